The molecule has 1 amide bonds. The Labute approximate surface area is 97.7 Å². The number of hydrogen-bond acceptors (Lipinski definition) is 3. The highest BCUT2D eigenvalue weighted by Crippen LogP contribution is 2.07. The lowest BCUT2D eigenvalue weighted by Gasteiger charge is -2.15. The molecule has 0 aromatic carbocycles. The largest absolute Gasteiger partial charge is 0.472 e. The van der Waals surface area contributed by atoms with Crippen LogP contribution in [0.3, 0.4) is 0 Å². The van der Waals surface area contributed by atoms with Gasteiger partial charge >= 0.3 is 0 Å². The zero-order valence-corrected chi connectivity index (χ0v) is 9.34. The molecule has 0 saturated heterocycles. The third-order valence-corrected chi connectivity index (χ3v) is 2.37. The second kappa shape index (κ2) is 4.69. The van der Waals surface area contributed by atoms with Crippen molar-refractivity contribution in [1.29, 1.82) is 0 Å². The summed E-state index contributed by atoms with van der Waals surface area (Å²) in [4.78, 5) is 27.1. The standard InChI is InChI=1S/C12H12N2O3/c1-14(7-9-3-5-17-8-9)12(16)10-2-4-13-11(15)6-10/h2-6,8H,7H2,1H3,(H,13,15). The molecule has 0 bridgehead atoms. The number of aromatic nitrogens is 1. The van der Waals surface area contributed by atoms with Crippen LogP contribution in [-0.4, -0.2) is 22.8 Å². The zero-order chi connectivity index (χ0) is 12.3. The highest BCUT2D eigenvalue weighted by molar-refractivity contribution is 5.93. The van der Waals surface area contributed by atoms with E-state index in [4.69, 9.17) is 4.42 Å². The number of amides is 1. The molecule has 5 nitrogen and oxygen atoms in total. The number of pyridine rings is 1. The Kier molecular flexibility index (Phi) is 3.09. The van der Waals surface area contributed by atoms with E-state index in [1.807, 2.05) is 0 Å². The first-order valence-electron chi connectivity index (χ1n) is 5.12. The van der Waals surface area contributed by atoms with E-state index < -0.39 is 0 Å². The van der Waals surface area contributed by atoms with Crippen molar-refractivity contribution in [3.63, 3.8) is 0 Å². The number of carbonyl (C=O) groups excluding carboxylic acids is 1. The SMILES string of the molecule is CN(Cc1ccoc1)C(=O)c1cc[nH]c(=O)c1. The van der Waals surface area contributed by atoms with Crippen LogP contribution in [0, 0.1) is 0 Å². The predicted octanol–water partition coefficient (Wildman–Crippen LogP) is 1.24. The first kappa shape index (κ1) is 11.2. The molecule has 2 aromatic heterocycles. The third kappa shape index (κ3) is 2.63. The van der Waals surface area contributed by atoms with Crippen LogP contribution >= 0.6 is 0 Å². The second-order valence-electron chi connectivity index (χ2n) is 3.73. The molecule has 0 aliphatic rings. The molecule has 0 spiro atoms. The lowest BCUT2D eigenvalue weighted by molar-refractivity contribution is 0.0784. The van der Waals surface area contributed by atoms with Gasteiger partial charge in [0.2, 0.25) is 5.56 Å². The Morgan fingerprint density at radius 1 is 1.47 bits per heavy atom. The summed E-state index contributed by atoms with van der Waals surface area (Å²) in [5.41, 5.74) is 0.998. The Morgan fingerprint density at radius 3 is 2.94 bits per heavy atom. The summed E-state index contributed by atoms with van der Waals surface area (Å²) in [5, 5.41) is 0. The Bertz CT molecular complexity index is 557. The second-order valence-corrected chi connectivity index (χ2v) is 3.73. The van der Waals surface area contributed by atoms with Crippen molar-refractivity contribution in [1.82, 2.24) is 9.88 Å². The molecular weight excluding hydrogens is 220 g/mol. The number of rotatable bonds is 3. The molecule has 88 valence electrons. The Hall–Kier alpha value is -2.30. The number of carbonyl (C=O) groups is 1. The van der Waals surface area contributed by atoms with E-state index >= 15 is 0 Å². The molecule has 2 rings (SSSR count). The molecular formula is C12H12N2O3. The number of aromatic amines is 1. The van der Waals surface area contributed by atoms with Crippen LogP contribution in [0.4, 0.5) is 0 Å². The minimum atomic E-state index is -0.285. The van der Waals surface area contributed by atoms with Crippen LogP contribution in [0.15, 0.2) is 46.1 Å². The van der Waals surface area contributed by atoms with E-state index in [1.54, 1.807) is 31.7 Å². The van der Waals surface area contributed by atoms with E-state index in [-0.39, 0.29) is 11.5 Å². The summed E-state index contributed by atoms with van der Waals surface area (Å²) < 4.78 is 4.93. The van der Waals surface area contributed by atoms with Gasteiger partial charge in [-0.3, -0.25) is 9.59 Å². The minimum absolute atomic E-state index is 0.197. The van der Waals surface area contributed by atoms with Gasteiger partial charge in [0.1, 0.15) is 0 Å². The summed E-state index contributed by atoms with van der Waals surface area (Å²) in [5.74, 6) is -0.197. The molecule has 0 aliphatic heterocycles. The van der Waals surface area contributed by atoms with Crippen LogP contribution in [-0.2, 0) is 6.54 Å². The average molecular weight is 232 g/mol. The van der Waals surface area contributed by atoms with Gasteiger partial charge in [-0.15, -0.1) is 0 Å². The van der Waals surface area contributed by atoms with Gasteiger partial charge in [-0.1, -0.05) is 0 Å². The molecule has 0 unspecified atom stereocenters. The van der Waals surface area contributed by atoms with Crippen LogP contribution < -0.4 is 5.56 Å². The summed E-state index contributed by atoms with van der Waals surface area (Å²) in [6, 6.07) is 4.66. The fourth-order valence-electron chi connectivity index (χ4n) is 1.53. The predicted molar refractivity (Wildman–Crippen MR) is 61.6 cm³/mol. The van der Waals surface area contributed by atoms with E-state index in [2.05, 4.69) is 4.98 Å². The molecule has 17 heavy (non-hydrogen) atoms. The van der Waals surface area contributed by atoms with Gasteiger partial charge in [-0.2, -0.15) is 0 Å². The number of furan rings is 1. The van der Waals surface area contributed by atoms with Gasteiger partial charge in [0.25, 0.3) is 5.91 Å². The van der Waals surface area contributed by atoms with Gasteiger partial charge in [0.05, 0.1) is 12.5 Å². The topological polar surface area (TPSA) is 66.3 Å². The van der Waals surface area contributed by atoms with Crippen LogP contribution in [0.5, 0.6) is 0 Å². The fraction of sp³-hybridized carbons (Fsp3) is 0.167. The monoisotopic (exact) mass is 232 g/mol. The lowest BCUT2D eigenvalue weighted by Crippen LogP contribution is -2.27. The maximum absolute atomic E-state index is 12.0. The fourth-order valence-corrected chi connectivity index (χ4v) is 1.53. The molecule has 2 heterocycles. The quantitative estimate of drug-likeness (QED) is 0.865. The van der Waals surface area contributed by atoms with E-state index in [0.29, 0.717) is 12.1 Å². The van der Waals surface area contributed by atoms with Crippen molar-refractivity contribution in [2.75, 3.05) is 7.05 Å². The van der Waals surface area contributed by atoms with Crippen molar-refractivity contribution in [3.05, 3.63) is 58.4 Å². The van der Waals surface area contributed by atoms with Gasteiger partial charge in [-0.05, 0) is 12.1 Å². The summed E-state index contributed by atoms with van der Waals surface area (Å²) >= 11 is 0. The molecule has 0 saturated carbocycles. The zero-order valence-electron chi connectivity index (χ0n) is 9.34. The average Bonchev–Trinajstić information content (AvgIpc) is 2.80. The maximum Gasteiger partial charge on any atom is 0.254 e. The van der Waals surface area contributed by atoms with Crippen molar-refractivity contribution < 1.29 is 9.21 Å². The van der Waals surface area contributed by atoms with Crippen molar-refractivity contribution in [3.8, 4) is 0 Å². The Balaban J connectivity index is 2.12. The highest BCUT2D eigenvalue weighted by atomic mass is 16.3. The molecule has 5 heteroatoms. The lowest BCUT2D eigenvalue weighted by atomic mass is 10.2. The number of H-pyrrole nitrogens is 1. The van der Waals surface area contributed by atoms with Gasteiger partial charge in [0, 0.05) is 37.0 Å². The number of nitrogens with one attached hydrogen (secondary N) is 1. The van der Waals surface area contributed by atoms with Crippen molar-refractivity contribution in [2.45, 2.75) is 6.54 Å². The molecule has 0 fully saturated rings. The summed E-state index contributed by atoms with van der Waals surface area (Å²) in [6.07, 6.45) is 4.60. The molecule has 2 aromatic rings. The Morgan fingerprint density at radius 2 is 2.29 bits per heavy atom. The van der Waals surface area contributed by atoms with Gasteiger partial charge < -0.3 is 14.3 Å². The van der Waals surface area contributed by atoms with Crippen LogP contribution in [0.25, 0.3) is 0 Å². The van der Waals surface area contributed by atoms with Crippen LogP contribution in [0.1, 0.15) is 15.9 Å². The maximum atomic E-state index is 12.0. The van der Waals surface area contributed by atoms with Crippen LogP contribution in [0.2, 0.25) is 0 Å². The molecule has 0 aliphatic carbocycles. The first-order valence-corrected chi connectivity index (χ1v) is 5.12. The first-order chi connectivity index (χ1) is 8.16. The van der Waals surface area contributed by atoms with Gasteiger partial charge in [-0.25, -0.2) is 0 Å². The molecule has 1 N–H and O–H groups in total. The smallest absolute Gasteiger partial charge is 0.254 e. The third-order valence-electron chi connectivity index (χ3n) is 2.37. The summed E-state index contributed by atoms with van der Waals surface area (Å²) in [6.45, 7) is 0.447. The molecule has 0 atom stereocenters. The van der Waals surface area contributed by atoms with E-state index in [0.717, 1.165) is 5.56 Å². The minimum Gasteiger partial charge on any atom is -0.472 e. The summed E-state index contributed by atoms with van der Waals surface area (Å²) in [7, 11) is 1.68. The normalized spacial score (nSPS) is 10.2. The van der Waals surface area contributed by atoms with Gasteiger partial charge in [0.15, 0.2) is 0 Å². The number of nitrogens with zero attached hydrogens (tertiary/aromatic N) is 1. The van der Waals surface area contributed by atoms with Crippen molar-refractivity contribution >= 4 is 5.91 Å². The van der Waals surface area contributed by atoms with E-state index in [9.17, 15) is 9.59 Å². The number of hydrogen-bond donors (Lipinski definition) is 1. The highest BCUT2D eigenvalue weighted by Gasteiger charge is 2.12. The van der Waals surface area contributed by atoms with Crippen molar-refractivity contribution in [2.24, 2.45) is 0 Å². The van der Waals surface area contributed by atoms with E-state index in [1.165, 1.54) is 17.2 Å². The molecule has 0 radical (unpaired) electrons.